The number of nitrogens with zero attached hydrogens (tertiary/aromatic N) is 1. The Labute approximate surface area is 128 Å². The number of hydrogen-bond acceptors (Lipinski definition) is 4. The molecule has 0 atom stereocenters. The average Bonchev–Trinajstić information content (AvgIpc) is 2.50. The summed E-state index contributed by atoms with van der Waals surface area (Å²) in [6.45, 7) is 6.69. The van der Waals surface area contributed by atoms with Gasteiger partial charge in [0.25, 0.3) is 0 Å². The molecule has 0 unspecified atom stereocenters. The maximum Gasteiger partial charge on any atom is 0.122 e. The number of benzene rings is 1. The van der Waals surface area contributed by atoms with Crippen LogP contribution < -0.4 is 14.8 Å². The predicted molar refractivity (Wildman–Crippen MR) is 86.1 cm³/mol. The molecule has 0 aliphatic carbocycles. The largest absolute Gasteiger partial charge is 0.497 e. The lowest BCUT2D eigenvalue weighted by Gasteiger charge is -2.38. The number of nitrogens with one attached hydrogen (secondary N) is 1. The fourth-order valence-corrected chi connectivity index (χ4v) is 2.81. The summed E-state index contributed by atoms with van der Waals surface area (Å²) in [5, 5.41) is 3.60. The van der Waals surface area contributed by atoms with Gasteiger partial charge in [0.2, 0.25) is 0 Å². The summed E-state index contributed by atoms with van der Waals surface area (Å²) in [7, 11) is 5.58. The Morgan fingerprint density at radius 2 is 1.67 bits per heavy atom. The van der Waals surface area contributed by atoms with Crippen molar-refractivity contribution in [3.63, 3.8) is 0 Å². The van der Waals surface area contributed by atoms with Gasteiger partial charge in [-0.1, -0.05) is 6.92 Å². The van der Waals surface area contributed by atoms with Crippen LogP contribution in [0.15, 0.2) is 18.2 Å². The van der Waals surface area contributed by atoms with Crippen LogP contribution in [0.5, 0.6) is 11.5 Å². The Morgan fingerprint density at radius 3 is 2.19 bits per heavy atom. The topological polar surface area (TPSA) is 33.7 Å². The molecule has 1 aliphatic rings. The van der Waals surface area contributed by atoms with Crippen LogP contribution in [0.1, 0.15) is 25.3 Å². The molecule has 0 spiro atoms. The van der Waals surface area contributed by atoms with Crippen molar-refractivity contribution in [3.05, 3.63) is 23.8 Å². The fourth-order valence-electron chi connectivity index (χ4n) is 2.81. The number of ether oxygens (including phenoxy) is 2. The molecule has 1 aromatic carbocycles. The van der Waals surface area contributed by atoms with Crippen LogP contribution in [-0.4, -0.2) is 45.8 Å². The van der Waals surface area contributed by atoms with Crippen LogP contribution >= 0.6 is 0 Å². The maximum absolute atomic E-state index is 5.31. The van der Waals surface area contributed by atoms with Gasteiger partial charge in [0.15, 0.2) is 0 Å². The SMILES string of the molecule is COc1cc(CNCC2(C)CCN(C)CC2)cc(OC)c1. The molecule has 0 bridgehead atoms. The number of piperidine rings is 1. The van der Waals surface area contributed by atoms with E-state index in [0.717, 1.165) is 24.6 Å². The van der Waals surface area contributed by atoms with Gasteiger partial charge in [0.1, 0.15) is 11.5 Å². The summed E-state index contributed by atoms with van der Waals surface area (Å²) in [4.78, 5) is 2.41. The van der Waals surface area contributed by atoms with Crippen molar-refractivity contribution in [1.29, 1.82) is 0 Å². The number of methoxy groups -OCH3 is 2. The minimum atomic E-state index is 0.412. The molecule has 2 rings (SSSR count). The van der Waals surface area contributed by atoms with Crippen LogP contribution in [0.3, 0.4) is 0 Å². The first-order valence-electron chi connectivity index (χ1n) is 7.66. The van der Waals surface area contributed by atoms with Gasteiger partial charge in [-0.3, -0.25) is 0 Å². The Morgan fingerprint density at radius 1 is 1.10 bits per heavy atom. The lowest BCUT2D eigenvalue weighted by Crippen LogP contribution is -2.41. The van der Waals surface area contributed by atoms with Crippen molar-refractivity contribution in [3.8, 4) is 11.5 Å². The molecule has 21 heavy (non-hydrogen) atoms. The summed E-state index contributed by atoms with van der Waals surface area (Å²) in [5.41, 5.74) is 1.61. The summed E-state index contributed by atoms with van der Waals surface area (Å²) in [6.07, 6.45) is 2.52. The maximum atomic E-state index is 5.31. The zero-order chi connectivity index (χ0) is 15.3. The first kappa shape index (κ1) is 16.1. The van der Waals surface area contributed by atoms with Crippen molar-refractivity contribution in [2.45, 2.75) is 26.3 Å². The Bertz CT molecular complexity index is 432. The van der Waals surface area contributed by atoms with Crippen molar-refractivity contribution in [1.82, 2.24) is 10.2 Å². The number of likely N-dealkylation sites (tertiary alicyclic amines) is 1. The van der Waals surface area contributed by atoms with Gasteiger partial charge < -0.3 is 19.7 Å². The van der Waals surface area contributed by atoms with Gasteiger partial charge in [0, 0.05) is 19.2 Å². The Kier molecular flexibility index (Phi) is 5.48. The van der Waals surface area contributed by atoms with E-state index < -0.39 is 0 Å². The van der Waals surface area contributed by atoms with E-state index in [1.165, 1.54) is 31.5 Å². The predicted octanol–water partition coefficient (Wildman–Crippen LogP) is 2.53. The second-order valence-corrected chi connectivity index (χ2v) is 6.44. The molecule has 1 aromatic rings. The van der Waals surface area contributed by atoms with E-state index in [2.05, 4.69) is 36.3 Å². The van der Waals surface area contributed by atoms with E-state index >= 15 is 0 Å². The van der Waals surface area contributed by atoms with Crippen molar-refractivity contribution >= 4 is 0 Å². The second-order valence-electron chi connectivity index (χ2n) is 6.44. The molecule has 1 N–H and O–H groups in total. The van der Waals surface area contributed by atoms with Gasteiger partial charge in [-0.2, -0.15) is 0 Å². The number of rotatable bonds is 6. The van der Waals surface area contributed by atoms with Crippen LogP contribution in [0.25, 0.3) is 0 Å². The highest BCUT2D eigenvalue weighted by molar-refractivity contribution is 5.38. The zero-order valence-corrected chi connectivity index (χ0v) is 13.7. The quantitative estimate of drug-likeness (QED) is 0.873. The average molecular weight is 292 g/mol. The van der Waals surface area contributed by atoms with E-state index in [1.54, 1.807) is 14.2 Å². The number of hydrogen-bond donors (Lipinski definition) is 1. The third kappa shape index (κ3) is 4.61. The highest BCUT2D eigenvalue weighted by Crippen LogP contribution is 2.29. The van der Waals surface area contributed by atoms with E-state index in [9.17, 15) is 0 Å². The molecule has 0 aromatic heterocycles. The molecule has 0 amide bonds. The first-order chi connectivity index (χ1) is 10.0. The standard InChI is InChI=1S/C17H28N2O2/c1-17(5-7-19(2)8-6-17)13-18-12-14-9-15(20-3)11-16(10-14)21-4/h9-11,18H,5-8,12-13H2,1-4H3. The Balaban J connectivity index is 1.88. The third-order valence-corrected chi connectivity index (χ3v) is 4.49. The minimum absolute atomic E-state index is 0.412. The molecular weight excluding hydrogens is 264 g/mol. The summed E-state index contributed by atoms with van der Waals surface area (Å²) >= 11 is 0. The molecule has 1 aliphatic heterocycles. The van der Waals surface area contributed by atoms with Gasteiger partial charge in [-0.05, 0) is 56.1 Å². The molecule has 0 radical (unpaired) electrons. The van der Waals surface area contributed by atoms with Crippen molar-refractivity contribution in [2.24, 2.45) is 5.41 Å². The van der Waals surface area contributed by atoms with Crippen molar-refractivity contribution in [2.75, 3.05) is 40.9 Å². The van der Waals surface area contributed by atoms with Gasteiger partial charge in [-0.15, -0.1) is 0 Å². The highest BCUT2D eigenvalue weighted by atomic mass is 16.5. The molecular formula is C17H28N2O2. The monoisotopic (exact) mass is 292 g/mol. The van der Waals surface area contributed by atoms with Gasteiger partial charge in [-0.25, -0.2) is 0 Å². The third-order valence-electron chi connectivity index (χ3n) is 4.49. The smallest absolute Gasteiger partial charge is 0.122 e. The van der Waals surface area contributed by atoms with E-state index in [4.69, 9.17) is 9.47 Å². The summed E-state index contributed by atoms with van der Waals surface area (Å²) in [6, 6.07) is 6.03. The lowest BCUT2D eigenvalue weighted by molar-refractivity contribution is 0.137. The summed E-state index contributed by atoms with van der Waals surface area (Å²) < 4.78 is 10.6. The van der Waals surface area contributed by atoms with Crippen LogP contribution in [0, 0.1) is 5.41 Å². The molecule has 0 saturated carbocycles. The van der Waals surface area contributed by atoms with E-state index in [1.807, 2.05) is 6.07 Å². The lowest BCUT2D eigenvalue weighted by atomic mass is 9.80. The molecule has 118 valence electrons. The molecule has 1 saturated heterocycles. The normalized spacial score (nSPS) is 18.5. The summed E-state index contributed by atoms with van der Waals surface area (Å²) in [5.74, 6) is 1.69. The zero-order valence-electron chi connectivity index (χ0n) is 13.7. The van der Waals surface area contributed by atoms with Gasteiger partial charge in [0.05, 0.1) is 14.2 Å². The van der Waals surface area contributed by atoms with Gasteiger partial charge >= 0.3 is 0 Å². The first-order valence-corrected chi connectivity index (χ1v) is 7.66. The van der Waals surface area contributed by atoms with Crippen LogP contribution in [-0.2, 0) is 6.54 Å². The second kappa shape index (κ2) is 7.14. The highest BCUT2D eigenvalue weighted by Gasteiger charge is 2.28. The minimum Gasteiger partial charge on any atom is -0.497 e. The molecule has 1 heterocycles. The molecule has 4 nitrogen and oxygen atoms in total. The van der Waals surface area contributed by atoms with Crippen LogP contribution in [0.4, 0.5) is 0 Å². The molecule has 1 fully saturated rings. The van der Waals surface area contributed by atoms with E-state index in [-0.39, 0.29) is 0 Å². The molecule has 4 heteroatoms. The Hall–Kier alpha value is -1.26. The van der Waals surface area contributed by atoms with Crippen LogP contribution in [0.2, 0.25) is 0 Å². The fraction of sp³-hybridized carbons (Fsp3) is 0.647. The van der Waals surface area contributed by atoms with Crippen molar-refractivity contribution < 1.29 is 9.47 Å². The van der Waals surface area contributed by atoms with E-state index in [0.29, 0.717) is 5.41 Å².